The molecule has 0 fully saturated rings. The van der Waals surface area contributed by atoms with E-state index in [0.717, 1.165) is 13.0 Å². The number of likely N-dealkylation sites (N-methyl/N-ethyl adjacent to an activating group) is 1. The fraction of sp³-hybridized carbons (Fsp3) is 0.500. The first-order chi connectivity index (χ1) is 10.1. The van der Waals surface area contributed by atoms with Crippen LogP contribution in [-0.4, -0.2) is 55.0 Å². The van der Waals surface area contributed by atoms with E-state index in [-0.39, 0.29) is 25.0 Å². The summed E-state index contributed by atoms with van der Waals surface area (Å²) in [5.41, 5.74) is 2.54. The Morgan fingerprint density at radius 1 is 1.24 bits per heavy atom. The summed E-state index contributed by atoms with van der Waals surface area (Å²) in [6.07, 6.45) is 0.894. The molecule has 5 nitrogen and oxygen atoms in total. The number of hydrogen-bond acceptors (Lipinski definition) is 4. The van der Waals surface area contributed by atoms with Crippen LogP contribution >= 0.6 is 0 Å². The van der Waals surface area contributed by atoms with Gasteiger partial charge in [-0.15, -0.1) is 0 Å². The Balaban J connectivity index is 1.93. The molecule has 1 aromatic rings. The molecule has 1 heterocycles. The molecule has 1 aliphatic heterocycles. The maximum atomic E-state index is 12.4. The van der Waals surface area contributed by atoms with Gasteiger partial charge in [-0.25, -0.2) is 0 Å². The number of rotatable bonds is 5. The van der Waals surface area contributed by atoms with Crippen LogP contribution in [0.2, 0.25) is 0 Å². The number of nitrogens with zero attached hydrogens (tertiary/aromatic N) is 2. The highest BCUT2D eigenvalue weighted by Crippen LogP contribution is 2.18. The minimum absolute atomic E-state index is 0.0651. The molecule has 114 valence electrons. The number of benzene rings is 1. The summed E-state index contributed by atoms with van der Waals surface area (Å²) in [4.78, 5) is 27.4. The highest BCUT2D eigenvalue weighted by molar-refractivity contribution is 5.79. The van der Waals surface area contributed by atoms with Crippen LogP contribution in [-0.2, 0) is 27.3 Å². The largest absolute Gasteiger partial charge is 0.468 e. The van der Waals surface area contributed by atoms with E-state index in [2.05, 4.69) is 16.9 Å². The molecule has 0 atom stereocenters. The quantitative estimate of drug-likeness (QED) is 0.761. The van der Waals surface area contributed by atoms with E-state index < -0.39 is 0 Å². The van der Waals surface area contributed by atoms with E-state index in [9.17, 15) is 9.59 Å². The second-order valence-corrected chi connectivity index (χ2v) is 5.21. The molecule has 0 saturated heterocycles. The van der Waals surface area contributed by atoms with Crippen LogP contribution in [0.3, 0.4) is 0 Å². The van der Waals surface area contributed by atoms with E-state index in [1.807, 2.05) is 24.0 Å². The van der Waals surface area contributed by atoms with Crippen molar-refractivity contribution < 1.29 is 14.3 Å². The lowest BCUT2D eigenvalue weighted by Gasteiger charge is -2.30. The normalized spacial score (nSPS) is 14.0. The van der Waals surface area contributed by atoms with Gasteiger partial charge in [0.05, 0.1) is 20.2 Å². The first-order valence-electron chi connectivity index (χ1n) is 7.27. The number of amides is 1. The first-order valence-corrected chi connectivity index (χ1v) is 7.27. The molecular weight excluding hydrogens is 268 g/mol. The third-order valence-corrected chi connectivity index (χ3v) is 3.87. The lowest BCUT2D eigenvalue weighted by atomic mass is 10.00. The number of esters is 1. The monoisotopic (exact) mass is 290 g/mol. The van der Waals surface area contributed by atoms with Crippen molar-refractivity contribution >= 4 is 11.9 Å². The van der Waals surface area contributed by atoms with E-state index >= 15 is 0 Å². The molecular formula is C16H22N2O3. The zero-order chi connectivity index (χ0) is 15.2. The van der Waals surface area contributed by atoms with Crippen molar-refractivity contribution in [3.63, 3.8) is 0 Å². The van der Waals surface area contributed by atoms with Crippen LogP contribution in [0.25, 0.3) is 0 Å². The zero-order valence-electron chi connectivity index (χ0n) is 12.7. The summed E-state index contributed by atoms with van der Waals surface area (Å²) in [7, 11) is 1.36. The average molecular weight is 290 g/mol. The number of ether oxygens (including phenoxy) is 1. The molecule has 0 unspecified atom stereocenters. The number of carbonyl (C=O) groups is 2. The summed E-state index contributed by atoms with van der Waals surface area (Å²) in [6, 6.07) is 8.22. The van der Waals surface area contributed by atoms with Gasteiger partial charge in [0.25, 0.3) is 0 Å². The average Bonchev–Trinajstić information content (AvgIpc) is 2.53. The maximum Gasteiger partial charge on any atom is 0.319 e. The molecule has 21 heavy (non-hydrogen) atoms. The smallest absolute Gasteiger partial charge is 0.319 e. The number of fused-ring (bicyclic) bond motifs is 1. The molecule has 0 saturated carbocycles. The van der Waals surface area contributed by atoms with Crippen molar-refractivity contribution in [2.24, 2.45) is 0 Å². The van der Waals surface area contributed by atoms with Crippen LogP contribution in [0.4, 0.5) is 0 Å². The Bertz CT molecular complexity index is 516. The van der Waals surface area contributed by atoms with Gasteiger partial charge in [0.1, 0.15) is 0 Å². The number of methoxy groups -OCH3 is 1. The molecule has 2 rings (SSSR count). The van der Waals surface area contributed by atoms with Gasteiger partial charge in [0, 0.05) is 13.1 Å². The van der Waals surface area contributed by atoms with E-state index in [1.165, 1.54) is 18.2 Å². The van der Waals surface area contributed by atoms with E-state index in [1.54, 1.807) is 4.90 Å². The maximum absolute atomic E-state index is 12.4. The van der Waals surface area contributed by atoms with Gasteiger partial charge >= 0.3 is 5.97 Å². The van der Waals surface area contributed by atoms with Crippen LogP contribution in [0.15, 0.2) is 24.3 Å². The van der Waals surface area contributed by atoms with Gasteiger partial charge in [-0.2, -0.15) is 0 Å². The second-order valence-electron chi connectivity index (χ2n) is 5.21. The van der Waals surface area contributed by atoms with Gasteiger partial charge in [0.2, 0.25) is 5.91 Å². The van der Waals surface area contributed by atoms with Gasteiger partial charge in [-0.3, -0.25) is 14.5 Å². The van der Waals surface area contributed by atoms with Crippen LogP contribution < -0.4 is 0 Å². The van der Waals surface area contributed by atoms with Crippen LogP contribution in [0.1, 0.15) is 18.1 Å². The van der Waals surface area contributed by atoms with Gasteiger partial charge in [-0.05, 0) is 24.1 Å². The van der Waals surface area contributed by atoms with Gasteiger partial charge in [-0.1, -0.05) is 31.2 Å². The summed E-state index contributed by atoms with van der Waals surface area (Å²) in [5.74, 6) is -0.246. The van der Waals surface area contributed by atoms with Gasteiger partial charge in [0.15, 0.2) is 0 Å². The summed E-state index contributed by atoms with van der Waals surface area (Å²) in [5, 5.41) is 0. The molecule has 0 bridgehead atoms. The van der Waals surface area contributed by atoms with Crippen molar-refractivity contribution in [3.05, 3.63) is 35.4 Å². The van der Waals surface area contributed by atoms with E-state index in [4.69, 9.17) is 0 Å². The number of hydrogen-bond donors (Lipinski definition) is 0. The van der Waals surface area contributed by atoms with Crippen LogP contribution in [0, 0.1) is 0 Å². The Kier molecular flexibility index (Phi) is 5.33. The highest BCUT2D eigenvalue weighted by Gasteiger charge is 2.22. The summed E-state index contributed by atoms with van der Waals surface area (Å²) < 4.78 is 4.65. The van der Waals surface area contributed by atoms with E-state index in [0.29, 0.717) is 13.1 Å². The molecule has 0 spiro atoms. The number of carbonyl (C=O) groups excluding carboxylic acids is 2. The van der Waals surface area contributed by atoms with Gasteiger partial charge < -0.3 is 9.64 Å². The third-order valence-electron chi connectivity index (χ3n) is 3.87. The summed E-state index contributed by atoms with van der Waals surface area (Å²) >= 11 is 0. The molecule has 0 radical (unpaired) electrons. The predicted molar refractivity (Wildman–Crippen MR) is 79.7 cm³/mol. The Morgan fingerprint density at radius 3 is 2.62 bits per heavy atom. The minimum Gasteiger partial charge on any atom is -0.468 e. The topological polar surface area (TPSA) is 49.9 Å². The molecule has 1 amide bonds. The van der Waals surface area contributed by atoms with Crippen LogP contribution in [0.5, 0.6) is 0 Å². The SMILES string of the molecule is CCN(CC(=O)OC)CC(=O)N1CCc2ccccc2C1. The Morgan fingerprint density at radius 2 is 1.95 bits per heavy atom. The third kappa shape index (κ3) is 4.04. The Labute approximate surface area is 125 Å². The highest BCUT2D eigenvalue weighted by atomic mass is 16.5. The van der Waals surface area contributed by atoms with Crippen molar-refractivity contribution in [1.82, 2.24) is 9.80 Å². The Hall–Kier alpha value is -1.88. The fourth-order valence-corrected chi connectivity index (χ4v) is 2.53. The second kappa shape index (κ2) is 7.22. The van der Waals surface area contributed by atoms with Crippen molar-refractivity contribution in [3.8, 4) is 0 Å². The standard InChI is InChI=1S/C16H22N2O3/c1-3-17(12-16(20)21-2)11-15(19)18-9-8-13-6-4-5-7-14(13)10-18/h4-7H,3,8-12H2,1-2H3. The van der Waals surface area contributed by atoms with Crippen molar-refractivity contribution in [2.75, 3.05) is 33.3 Å². The lowest BCUT2D eigenvalue weighted by molar-refractivity contribution is -0.143. The molecule has 0 aliphatic carbocycles. The van der Waals surface area contributed by atoms with Crippen molar-refractivity contribution in [1.29, 1.82) is 0 Å². The summed E-state index contributed by atoms with van der Waals surface area (Å²) in [6.45, 7) is 4.39. The fourth-order valence-electron chi connectivity index (χ4n) is 2.53. The molecule has 1 aromatic carbocycles. The van der Waals surface area contributed by atoms with Crippen molar-refractivity contribution in [2.45, 2.75) is 19.9 Å². The lowest BCUT2D eigenvalue weighted by Crippen LogP contribution is -2.44. The zero-order valence-corrected chi connectivity index (χ0v) is 12.7. The molecule has 1 aliphatic rings. The molecule has 5 heteroatoms. The molecule has 0 aromatic heterocycles. The molecule has 0 N–H and O–H groups in total. The predicted octanol–water partition coefficient (Wildman–Crippen LogP) is 1.07. The first kappa shape index (κ1) is 15.5. The minimum atomic E-state index is -0.311.